The molecule has 0 bridgehead atoms. The lowest BCUT2D eigenvalue weighted by Crippen LogP contribution is -2.00. The maximum Gasteiger partial charge on any atom is 0.106 e. The number of rotatable bonds is 2. The molecule has 4 heteroatoms. The van der Waals surface area contributed by atoms with Gasteiger partial charge in [-0.25, -0.2) is 0 Å². The lowest BCUT2D eigenvalue weighted by atomic mass is 10.0. The molecule has 0 heterocycles. The quantitative estimate of drug-likeness (QED) is 0.752. The van der Waals surface area contributed by atoms with Crippen molar-refractivity contribution in [2.75, 3.05) is 0 Å². The number of aliphatic hydroxyl groups is 1. The van der Waals surface area contributed by atoms with Gasteiger partial charge in [0, 0.05) is 9.13 Å². The zero-order chi connectivity index (χ0) is 12.4. The Bertz CT molecular complexity index is 525. The molecule has 0 fully saturated rings. The van der Waals surface area contributed by atoms with Crippen molar-refractivity contribution in [3.05, 3.63) is 67.2 Å². The second-order valence-corrected chi connectivity index (χ2v) is 5.63. The molecule has 0 amide bonds. The molecule has 0 aliphatic rings. The van der Waals surface area contributed by atoms with Crippen molar-refractivity contribution in [1.29, 1.82) is 0 Å². The number of hydrogen-bond donors (Lipinski definition) is 1. The van der Waals surface area contributed by atoms with E-state index in [1.807, 2.05) is 24.3 Å². The zero-order valence-corrected chi connectivity index (χ0v) is 12.4. The van der Waals surface area contributed by atoms with Gasteiger partial charge in [-0.2, -0.15) is 0 Å². The van der Waals surface area contributed by atoms with Crippen molar-refractivity contribution < 1.29 is 5.11 Å². The zero-order valence-electron chi connectivity index (χ0n) is 8.70. The summed E-state index contributed by atoms with van der Waals surface area (Å²) < 4.78 is 1.12. The Morgan fingerprint density at radius 1 is 1.00 bits per heavy atom. The summed E-state index contributed by atoms with van der Waals surface area (Å²) >= 11 is 14.2. The van der Waals surface area contributed by atoms with Gasteiger partial charge in [0.05, 0.1) is 10.0 Å². The third kappa shape index (κ3) is 2.94. The minimum absolute atomic E-state index is 0.403. The topological polar surface area (TPSA) is 20.2 Å². The van der Waals surface area contributed by atoms with E-state index in [0.29, 0.717) is 15.6 Å². The summed E-state index contributed by atoms with van der Waals surface area (Å²) in [5.74, 6) is 0. The predicted octanol–water partition coefficient (Wildman–Crippen LogP) is 4.68. The lowest BCUT2D eigenvalue weighted by molar-refractivity contribution is 0.220. The summed E-state index contributed by atoms with van der Waals surface area (Å²) in [4.78, 5) is 0. The maximum absolute atomic E-state index is 10.2. The Balaban J connectivity index is 2.40. The van der Waals surface area contributed by atoms with Crippen molar-refractivity contribution in [3.8, 4) is 0 Å². The molecule has 2 aromatic carbocycles. The molecular formula is C13H9Cl2IO. The highest BCUT2D eigenvalue weighted by Crippen LogP contribution is 2.33. The molecule has 0 aliphatic carbocycles. The molecule has 1 nitrogen and oxygen atoms in total. The van der Waals surface area contributed by atoms with Crippen LogP contribution in [-0.4, -0.2) is 5.11 Å². The molecule has 2 rings (SSSR count). The Morgan fingerprint density at radius 2 is 1.65 bits per heavy atom. The SMILES string of the molecule is OC(c1ccc(I)cc1)c1cccc(Cl)c1Cl. The van der Waals surface area contributed by atoms with Crippen LogP contribution in [0.3, 0.4) is 0 Å². The summed E-state index contributed by atoms with van der Waals surface area (Å²) in [6.45, 7) is 0. The molecule has 1 N–H and O–H groups in total. The van der Waals surface area contributed by atoms with E-state index >= 15 is 0 Å². The van der Waals surface area contributed by atoms with Gasteiger partial charge in [-0.3, -0.25) is 0 Å². The minimum Gasteiger partial charge on any atom is -0.384 e. The number of aliphatic hydroxyl groups excluding tert-OH is 1. The van der Waals surface area contributed by atoms with Crippen LogP contribution < -0.4 is 0 Å². The van der Waals surface area contributed by atoms with E-state index in [2.05, 4.69) is 22.6 Å². The molecule has 0 aromatic heterocycles. The second-order valence-electron chi connectivity index (χ2n) is 3.60. The van der Waals surface area contributed by atoms with Gasteiger partial charge < -0.3 is 5.11 Å². The molecule has 0 spiro atoms. The molecule has 1 atom stereocenters. The largest absolute Gasteiger partial charge is 0.384 e. The summed E-state index contributed by atoms with van der Waals surface area (Å²) in [6, 6.07) is 12.9. The molecule has 88 valence electrons. The van der Waals surface area contributed by atoms with E-state index in [0.717, 1.165) is 9.13 Å². The van der Waals surface area contributed by atoms with Crippen molar-refractivity contribution in [1.82, 2.24) is 0 Å². The number of hydrogen-bond acceptors (Lipinski definition) is 1. The van der Waals surface area contributed by atoms with Crippen LogP contribution in [0.1, 0.15) is 17.2 Å². The van der Waals surface area contributed by atoms with E-state index in [4.69, 9.17) is 23.2 Å². The molecule has 0 radical (unpaired) electrons. The minimum atomic E-state index is -0.752. The van der Waals surface area contributed by atoms with Crippen molar-refractivity contribution >= 4 is 45.8 Å². The molecule has 0 saturated carbocycles. The van der Waals surface area contributed by atoms with Crippen molar-refractivity contribution in [2.45, 2.75) is 6.10 Å². The van der Waals surface area contributed by atoms with Crippen LogP contribution in [0.4, 0.5) is 0 Å². The van der Waals surface area contributed by atoms with Crippen LogP contribution in [0.25, 0.3) is 0 Å². The van der Waals surface area contributed by atoms with Gasteiger partial charge in [-0.1, -0.05) is 47.5 Å². The van der Waals surface area contributed by atoms with Gasteiger partial charge in [0.2, 0.25) is 0 Å². The van der Waals surface area contributed by atoms with Gasteiger partial charge in [0.15, 0.2) is 0 Å². The third-order valence-electron chi connectivity index (χ3n) is 2.46. The molecule has 0 saturated heterocycles. The van der Waals surface area contributed by atoms with Gasteiger partial charge in [0.1, 0.15) is 6.10 Å². The second kappa shape index (κ2) is 5.57. The fourth-order valence-corrected chi connectivity index (χ4v) is 2.33. The maximum atomic E-state index is 10.2. The van der Waals surface area contributed by atoms with Crippen LogP contribution in [0.2, 0.25) is 10.0 Å². The number of benzene rings is 2. The molecule has 17 heavy (non-hydrogen) atoms. The summed E-state index contributed by atoms with van der Waals surface area (Å²) in [5.41, 5.74) is 1.43. The normalized spacial score (nSPS) is 12.5. The van der Waals surface area contributed by atoms with Crippen LogP contribution in [0, 0.1) is 3.57 Å². The summed E-state index contributed by atoms with van der Waals surface area (Å²) in [5, 5.41) is 11.1. The lowest BCUT2D eigenvalue weighted by Gasteiger charge is -2.13. The first-order valence-electron chi connectivity index (χ1n) is 4.97. The highest BCUT2D eigenvalue weighted by atomic mass is 127. The van der Waals surface area contributed by atoms with Gasteiger partial charge in [-0.05, 0) is 46.4 Å². The Labute approximate surface area is 124 Å². The van der Waals surface area contributed by atoms with Gasteiger partial charge in [-0.15, -0.1) is 0 Å². The van der Waals surface area contributed by atoms with E-state index < -0.39 is 6.10 Å². The molecule has 0 aliphatic heterocycles. The first-order valence-corrected chi connectivity index (χ1v) is 6.80. The van der Waals surface area contributed by atoms with Crippen LogP contribution >= 0.6 is 45.8 Å². The van der Waals surface area contributed by atoms with Crippen LogP contribution in [-0.2, 0) is 0 Å². The van der Waals surface area contributed by atoms with Crippen molar-refractivity contribution in [2.24, 2.45) is 0 Å². The standard InChI is InChI=1S/C13H9Cl2IO/c14-11-3-1-2-10(12(11)15)13(17)8-4-6-9(16)7-5-8/h1-7,13,17H. The van der Waals surface area contributed by atoms with Gasteiger partial charge >= 0.3 is 0 Å². The van der Waals surface area contributed by atoms with E-state index in [1.165, 1.54) is 0 Å². The highest BCUT2D eigenvalue weighted by Gasteiger charge is 2.15. The molecule has 2 aromatic rings. The Kier molecular flexibility index (Phi) is 4.31. The predicted molar refractivity (Wildman–Crippen MR) is 79.7 cm³/mol. The third-order valence-corrected chi connectivity index (χ3v) is 4.01. The van der Waals surface area contributed by atoms with Crippen LogP contribution in [0.15, 0.2) is 42.5 Å². The van der Waals surface area contributed by atoms with E-state index in [9.17, 15) is 5.11 Å². The van der Waals surface area contributed by atoms with Crippen molar-refractivity contribution in [3.63, 3.8) is 0 Å². The highest BCUT2D eigenvalue weighted by molar-refractivity contribution is 14.1. The number of halogens is 3. The fraction of sp³-hybridized carbons (Fsp3) is 0.0769. The van der Waals surface area contributed by atoms with Crippen LogP contribution in [0.5, 0.6) is 0 Å². The summed E-state index contributed by atoms with van der Waals surface area (Å²) in [7, 11) is 0. The van der Waals surface area contributed by atoms with E-state index in [1.54, 1.807) is 18.2 Å². The monoisotopic (exact) mass is 378 g/mol. The van der Waals surface area contributed by atoms with Gasteiger partial charge in [0.25, 0.3) is 0 Å². The average molecular weight is 379 g/mol. The first-order chi connectivity index (χ1) is 8.09. The van der Waals surface area contributed by atoms with E-state index in [-0.39, 0.29) is 0 Å². The smallest absolute Gasteiger partial charge is 0.106 e. The molecular weight excluding hydrogens is 370 g/mol. The first kappa shape index (κ1) is 13.1. The Hall–Kier alpha value is -0.290. The molecule has 1 unspecified atom stereocenters. The average Bonchev–Trinajstić information content (AvgIpc) is 2.33. The Morgan fingerprint density at radius 3 is 2.29 bits per heavy atom. The fourth-order valence-electron chi connectivity index (χ4n) is 1.56. The summed E-state index contributed by atoms with van der Waals surface area (Å²) in [6.07, 6.45) is -0.752.